The lowest BCUT2D eigenvalue weighted by Gasteiger charge is -2.38. The Morgan fingerprint density at radius 2 is 1.48 bits per heavy atom. The second-order valence-corrected chi connectivity index (χ2v) is 8.02. The van der Waals surface area contributed by atoms with Crippen LogP contribution < -0.4 is 0 Å². The number of hydrogen-bond donors (Lipinski definition) is 0. The topological polar surface area (TPSA) is 0 Å². The SMILES string of the molecule is CC1(C(Cl)c2ccc(C3CCCCC3)cc2)CCCCC1. The number of halogens is 1. The Bertz CT molecular complexity index is 435. The van der Waals surface area contributed by atoms with Crippen LogP contribution in [0, 0.1) is 5.41 Å². The van der Waals surface area contributed by atoms with E-state index in [2.05, 4.69) is 31.2 Å². The lowest BCUT2D eigenvalue weighted by Crippen LogP contribution is -2.25. The van der Waals surface area contributed by atoms with Crippen LogP contribution in [0.4, 0.5) is 0 Å². The third kappa shape index (κ3) is 3.47. The van der Waals surface area contributed by atoms with E-state index in [0.29, 0.717) is 5.41 Å². The predicted molar refractivity (Wildman–Crippen MR) is 92.1 cm³/mol. The van der Waals surface area contributed by atoms with E-state index < -0.39 is 0 Å². The second kappa shape index (κ2) is 6.73. The lowest BCUT2D eigenvalue weighted by molar-refractivity contribution is 0.206. The van der Waals surface area contributed by atoms with Crippen molar-refractivity contribution in [1.82, 2.24) is 0 Å². The molecule has 0 bridgehead atoms. The molecule has 0 amide bonds. The first kappa shape index (κ1) is 15.4. The summed E-state index contributed by atoms with van der Waals surface area (Å²) in [5.41, 5.74) is 3.17. The summed E-state index contributed by atoms with van der Waals surface area (Å²) < 4.78 is 0. The Morgan fingerprint density at radius 3 is 2.10 bits per heavy atom. The highest BCUT2D eigenvalue weighted by atomic mass is 35.5. The van der Waals surface area contributed by atoms with Crippen molar-refractivity contribution in [2.24, 2.45) is 5.41 Å². The summed E-state index contributed by atoms with van der Waals surface area (Å²) in [5, 5.41) is 0.179. The molecule has 0 N–H and O–H groups in total. The van der Waals surface area contributed by atoms with Gasteiger partial charge in [0, 0.05) is 0 Å². The molecule has 0 saturated heterocycles. The van der Waals surface area contributed by atoms with Gasteiger partial charge in [-0.05, 0) is 48.1 Å². The van der Waals surface area contributed by atoms with Crippen LogP contribution in [0.2, 0.25) is 0 Å². The first-order chi connectivity index (χ1) is 10.2. The van der Waals surface area contributed by atoms with Crippen LogP contribution in [0.15, 0.2) is 24.3 Å². The average Bonchev–Trinajstić information content (AvgIpc) is 2.56. The van der Waals surface area contributed by atoms with Crippen LogP contribution in [-0.4, -0.2) is 0 Å². The van der Waals surface area contributed by atoms with Gasteiger partial charge in [0.05, 0.1) is 5.38 Å². The molecular weight excluding hydrogens is 276 g/mol. The van der Waals surface area contributed by atoms with Gasteiger partial charge in [-0.3, -0.25) is 0 Å². The maximum Gasteiger partial charge on any atom is 0.0638 e. The van der Waals surface area contributed by atoms with Crippen molar-refractivity contribution in [3.05, 3.63) is 35.4 Å². The fraction of sp³-hybridized carbons (Fsp3) is 0.700. The Kier molecular flexibility index (Phi) is 4.94. The molecule has 0 heterocycles. The van der Waals surface area contributed by atoms with Gasteiger partial charge in [0.1, 0.15) is 0 Å². The lowest BCUT2D eigenvalue weighted by atomic mass is 9.71. The smallest absolute Gasteiger partial charge is 0.0638 e. The van der Waals surface area contributed by atoms with Crippen molar-refractivity contribution < 1.29 is 0 Å². The van der Waals surface area contributed by atoms with Crippen molar-refractivity contribution in [3.8, 4) is 0 Å². The molecule has 1 atom stereocenters. The summed E-state index contributed by atoms with van der Waals surface area (Å²) in [6.45, 7) is 2.39. The minimum absolute atomic E-state index is 0.179. The quantitative estimate of drug-likeness (QED) is 0.528. The molecule has 1 aromatic rings. The van der Waals surface area contributed by atoms with E-state index in [1.54, 1.807) is 0 Å². The Labute approximate surface area is 135 Å². The molecule has 2 aliphatic rings. The van der Waals surface area contributed by atoms with Gasteiger partial charge in [0.2, 0.25) is 0 Å². The van der Waals surface area contributed by atoms with Gasteiger partial charge >= 0.3 is 0 Å². The molecule has 0 spiro atoms. The third-order valence-electron chi connectivity index (χ3n) is 5.91. The van der Waals surface area contributed by atoms with Crippen molar-refractivity contribution in [2.45, 2.75) is 82.4 Å². The number of alkyl halides is 1. The van der Waals surface area contributed by atoms with Gasteiger partial charge in [0.15, 0.2) is 0 Å². The monoisotopic (exact) mass is 304 g/mol. The zero-order valence-electron chi connectivity index (χ0n) is 13.4. The summed E-state index contributed by atoms with van der Waals surface area (Å²) in [6, 6.07) is 9.32. The Hall–Kier alpha value is -0.490. The van der Waals surface area contributed by atoms with Gasteiger partial charge in [-0.1, -0.05) is 69.7 Å². The highest BCUT2D eigenvalue weighted by Crippen LogP contribution is 2.49. The van der Waals surface area contributed by atoms with E-state index in [4.69, 9.17) is 11.6 Å². The summed E-state index contributed by atoms with van der Waals surface area (Å²) in [7, 11) is 0. The molecule has 0 aliphatic heterocycles. The summed E-state index contributed by atoms with van der Waals surface area (Å²) >= 11 is 6.86. The molecule has 21 heavy (non-hydrogen) atoms. The van der Waals surface area contributed by atoms with Crippen LogP contribution in [0.25, 0.3) is 0 Å². The standard InChI is InChI=1S/C20H29Cl/c1-20(14-6-3-7-15-20)19(21)18-12-10-17(11-13-18)16-8-4-2-5-9-16/h10-13,16,19H,2-9,14-15H2,1H3. The third-order valence-corrected chi connectivity index (χ3v) is 6.69. The van der Waals surface area contributed by atoms with Gasteiger partial charge < -0.3 is 0 Å². The number of rotatable bonds is 3. The molecule has 0 nitrogen and oxygen atoms in total. The van der Waals surface area contributed by atoms with E-state index >= 15 is 0 Å². The van der Waals surface area contributed by atoms with Crippen molar-refractivity contribution in [1.29, 1.82) is 0 Å². The van der Waals surface area contributed by atoms with Gasteiger partial charge in [-0.2, -0.15) is 0 Å². The van der Waals surface area contributed by atoms with Crippen molar-refractivity contribution >= 4 is 11.6 Å². The number of benzene rings is 1. The molecule has 2 fully saturated rings. The molecule has 1 heteroatoms. The van der Waals surface area contributed by atoms with E-state index in [-0.39, 0.29) is 5.38 Å². The number of hydrogen-bond acceptors (Lipinski definition) is 0. The van der Waals surface area contributed by atoms with Crippen LogP contribution in [0.1, 0.15) is 93.6 Å². The van der Waals surface area contributed by atoms with Gasteiger partial charge in [-0.15, -0.1) is 11.6 Å². The van der Waals surface area contributed by atoms with Crippen molar-refractivity contribution in [2.75, 3.05) is 0 Å². The first-order valence-electron chi connectivity index (χ1n) is 8.93. The Balaban J connectivity index is 1.70. The van der Waals surface area contributed by atoms with Crippen molar-refractivity contribution in [3.63, 3.8) is 0 Å². The molecule has 0 aromatic heterocycles. The zero-order valence-corrected chi connectivity index (χ0v) is 14.2. The molecule has 2 saturated carbocycles. The van der Waals surface area contributed by atoms with Crippen LogP contribution >= 0.6 is 11.6 Å². The molecule has 0 radical (unpaired) electrons. The van der Waals surface area contributed by atoms with Crippen LogP contribution in [0.3, 0.4) is 0 Å². The summed E-state index contributed by atoms with van der Waals surface area (Å²) in [4.78, 5) is 0. The zero-order chi connectivity index (χ0) is 14.7. The Morgan fingerprint density at radius 1 is 0.905 bits per heavy atom. The average molecular weight is 305 g/mol. The van der Waals surface area contributed by atoms with E-state index in [9.17, 15) is 0 Å². The molecular formula is C20H29Cl. The van der Waals surface area contributed by atoms with E-state index in [1.165, 1.54) is 75.3 Å². The minimum Gasteiger partial charge on any atom is -0.117 e. The normalized spacial score (nSPS) is 24.7. The maximum absolute atomic E-state index is 6.86. The predicted octanol–water partition coefficient (Wildman–Crippen LogP) is 6.98. The molecule has 3 rings (SSSR count). The van der Waals surface area contributed by atoms with Gasteiger partial charge in [-0.25, -0.2) is 0 Å². The highest BCUT2D eigenvalue weighted by molar-refractivity contribution is 6.21. The van der Waals surface area contributed by atoms with E-state index in [1.807, 2.05) is 0 Å². The minimum atomic E-state index is 0.179. The first-order valence-corrected chi connectivity index (χ1v) is 9.37. The van der Waals surface area contributed by atoms with Crippen LogP contribution in [0.5, 0.6) is 0 Å². The molecule has 1 aromatic carbocycles. The van der Waals surface area contributed by atoms with Crippen LogP contribution in [-0.2, 0) is 0 Å². The largest absolute Gasteiger partial charge is 0.117 e. The highest BCUT2D eigenvalue weighted by Gasteiger charge is 2.35. The maximum atomic E-state index is 6.86. The fourth-order valence-corrected chi connectivity index (χ4v) is 4.75. The fourth-order valence-electron chi connectivity index (χ4n) is 4.39. The van der Waals surface area contributed by atoms with E-state index in [0.717, 1.165) is 5.92 Å². The molecule has 1 unspecified atom stereocenters. The summed E-state index contributed by atoms with van der Waals surface area (Å²) in [5.74, 6) is 0.798. The molecule has 116 valence electrons. The van der Waals surface area contributed by atoms with Gasteiger partial charge in [0.25, 0.3) is 0 Å². The summed E-state index contributed by atoms with van der Waals surface area (Å²) in [6.07, 6.45) is 13.6. The second-order valence-electron chi connectivity index (χ2n) is 7.58. The molecule has 2 aliphatic carbocycles.